The van der Waals surface area contributed by atoms with Gasteiger partial charge in [0.2, 0.25) is 0 Å². The van der Waals surface area contributed by atoms with E-state index in [1.165, 1.54) is 18.4 Å². The predicted molar refractivity (Wildman–Crippen MR) is 71.9 cm³/mol. The van der Waals surface area contributed by atoms with Gasteiger partial charge in [0.05, 0.1) is 16.6 Å². The number of fused-ring (bicyclic) bond motifs is 1. The summed E-state index contributed by atoms with van der Waals surface area (Å²) in [4.78, 5) is 7.84. The second kappa shape index (κ2) is 4.49. The van der Waals surface area contributed by atoms with Crippen LogP contribution in [-0.2, 0) is 12.0 Å². The van der Waals surface area contributed by atoms with Crippen molar-refractivity contribution in [3.05, 3.63) is 29.6 Å². The number of H-pyrrole nitrogens is 1. The second-order valence-electron chi connectivity index (χ2n) is 5.26. The standard InChI is InChI=1S/C14H21N3/c1-4-5-6-10-7-8-11-12(9-10)17-13(16-11)14(2,3)15/h7-9H,4-6,15H2,1-3H3,(H,16,17). The van der Waals surface area contributed by atoms with Crippen molar-refractivity contribution in [3.63, 3.8) is 0 Å². The summed E-state index contributed by atoms with van der Waals surface area (Å²) in [6, 6.07) is 6.42. The van der Waals surface area contributed by atoms with Gasteiger partial charge in [-0.2, -0.15) is 0 Å². The van der Waals surface area contributed by atoms with E-state index in [-0.39, 0.29) is 0 Å². The first-order chi connectivity index (χ1) is 8.00. The lowest BCUT2D eigenvalue weighted by molar-refractivity contribution is 0.522. The largest absolute Gasteiger partial charge is 0.340 e. The van der Waals surface area contributed by atoms with Crippen LogP contribution in [0.5, 0.6) is 0 Å². The minimum absolute atomic E-state index is 0.414. The van der Waals surface area contributed by atoms with Crippen molar-refractivity contribution in [2.24, 2.45) is 5.73 Å². The van der Waals surface area contributed by atoms with E-state index >= 15 is 0 Å². The number of hydrogen-bond donors (Lipinski definition) is 2. The van der Waals surface area contributed by atoms with Crippen LogP contribution >= 0.6 is 0 Å². The Morgan fingerprint density at radius 2 is 2.12 bits per heavy atom. The van der Waals surface area contributed by atoms with E-state index in [1.807, 2.05) is 13.8 Å². The van der Waals surface area contributed by atoms with Crippen molar-refractivity contribution in [1.29, 1.82) is 0 Å². The molecule has 0 saturated carbocycles. The van der Waals surface area contributed by atoms with Crippen LogP contribution in [0.4, 0.5) is 0 Å². The van der Waals surface area contributed by atoms with E-state index < -0.39 is 5.54 Å². The Kier molecular flexibility index (Phi) is 3.20. The number of nitrogens with one attached hydrogen (secondary N) is 1. The van der Waals surface area contributed by atoms with Gasteiger partial charge in [0.25, 0.3) is 0 Å². The molecule has 0 unspecified atom stereocenters. The molecule has 0 aliphatic carbocycles. The minimum atomic E-state index is -0.414. The topological polar surface area (TPSA) is 54.7 Å². The molecule has 0 spiro atoms. The summed E-state index contributed by atoms with van der Waals surface area (Å²) in [5.74, 6) is 0.847. The highest BCUT2D eigenvalue weighted by Gasteiger charge is 2.18. The highest BCUT2D eigenvalue weighted by molar-refractivity contribution is 5.76. The van der Waals surface area contributed by atoms with Gasteiger partial charge in [0, 0.05) is 0 Å². The third-order valence-electron chi connectivity index (χ3n) is 2.98. The number of benzene rings is 1. The van der Waals surface area contributed by atoms with Crippen LogP contribution in [0.3, 0.4) is 0 Å². The summed E-state index contributed by atoms with van der Waals surface area (Å²) in [6.07, 6.45) is 3.59. The van der Waals surface area contributed by atoms with Gasteiger partial charge in [-0.3, -0.25) is 0 Å². The zero-order valence-corrected chi connectivity index (χ0v) is 10.9. The van der Waals surface area contributed by atoms with Gasteiger partial charge >= 0.3 is 0 Å². The summed E-state index contributed by atoms with van der Waals surface area (Å²) in [5, 5.41) is 0. The number of rotatable bonds is 4. The van der Waals surface area contributed by atoms with Gasteiger partial charge in [0.15, 0.2) is 0 Å². The lowest BCUT2D eigenvalue weighted by Crippen LogP contribution is -2.30. The van der Waals surface area contributed by atoms with Gasteiger partial charge in [-0.05, 0) is 44.4 Å². The molecule has 0 aliphatic rings. The van der Waals surface area contributed by atoms with E-state index in [1.54, 1.807) is 0 Å². The fourth-order valence-electron chi connectivity index (χ4n) is 1.90. The Bertz CT molecular complexity index is 506. The van der Waals surface area contributed by atoms with Crippen molar-refractivity contribution in [3.8, 4) is 0 Å². The average molecular weight is 231 g/mol. The normalized spacial score (nSPS) is 12.2. The van der Waals surface area contributed by atoms with Gasteiger partial charge in [-0.1, -0.05) is 19.4 Å². The van der Waals surface area contributed by atoms with Crippen LogP contribution in [0.2, 0.25) is 0 Å². The number of nitrogens with zero attached hydrogens (tertiary/aromatic N) is 1. The average Bonchev–Trinajstić information content (AvgIpc) is 2.68. The predicted octanol–water partition coefficient (Wildman–Crippen LogP) is 3.10. The zero-order valence-electron chi connectivity index (χ0n) is 10.9. The maximum atomic E-state index is 6.05. The number of hydrogen-bond acceptors (Lipinski definition) is 2. The van der Waals surface area contributed by atoms with Crippen molar-refractivity contribution in [2.75, 3.05) is 0 Å². The molecule has 92 valence electrons. The summed E-state index contributed by atoms with van der Waals surface area (Å²) in [5.41, 5.74) is 9.08. The Hall–Kier alpha value is -1.35. The SMILES string of the molecule is CCCCc1ccc2nc(C(C)(C)N)[nH]c2c1. The van der Waals surface area contributed by atoms with Crippen molar-refractivity contribution in [2.45, 2.75) is 45.6 Å². The maximum absolute atomic E-state index is 6.05. The molecule has 0 radical (unpaired) electrons. The molecule has 2 rings (SSSR count). The summed E-state index contributed by atoms with van der Waals surface area (Å²) in [6.45, 7) is 6.13. The molecule has 17 heavy (non-hydrogen) atoms. The van der Waals surface area contributed by atoms with Crippen LogP contribution in [0.15, 0.2) is 18.2 Å². The molecule has 1 aromatic heterocycles. The maximum Gasteiger partial charge on any atom is 0.126 e. The molecule has 2 aromatic rings. The number of nitrogens with two attached hydrogens (primary N) is 1. The van der Waals surface area contributed by atoms with Crippen molar-refractivity contribution in [1.82, 2.24) is 9.97 Å². The molecule has 1 heterocycles. The Balaban J connectivity index is 2.34. The molecule has 3 nitrogen and oxygen atoms in total. The first-order valence-electron chi connectivity index (χ1n) is 6.28. The molecule has 0 bridgehead atoms. The molecule has 0 fully saturated rings. The molecule has 3 N–H and O–H groups in total. The lowest BCUT2D eigenvalue weighted by atomic mass is 10.1. The van der Waals surface area contributed by atoms with E-state index in [9.17, 15) is 0 Å². The first-order valence-corrected chi connectivity index (χ1v) is 6.28. The van der Waals surface area contributed by atoms with Crippen LogP contribution in [0, 0.1) is 0 Å². The van der Waals surface area contributed by atoms with E-state index in [2.05, 4.69) is 35.1 Å². The fourth-order valence-corrected chi connectivity index (χ4v) is 1.90. The zero-order chi connectivity index (χ0) is 12.5. The van der Waals surface area contributed by atoms with Gasteiger partial charge < -0.3 is 10.7 Å². The number of aromatic amines is 1. The van der Waals surface area contributed by atoms with Crippen LogP contribution in [-0.4, -0.2) is 9.97 Å². The summed E-state index contributed by atoms with van der Waals surface area (Å²) < 4.78 is 0. The number of aromatic nitrogens is 2. The second-order valence-corrected chi connectivity index (χ2v) is 5.26. The number of imidazole rings is 1. The number of aryl methyl sites for hydroxylation is 1. The van der Waals surface area contributed by atoms with Crippen LogP contribution in [0.1, 0.15) is 45.0 Å². The lowest BCUT2D eigenvalue weighted by Gasteiger charge is -2.14. The fraction of sp³-hybridized carbons (Fsp3) is 0.500. The Morgan fingerprint density at radius 1 is 1.35 bits per heavy atom. The highest BCUT2D eigenvalue weighted by atomic mass is 15.0. The smallest absolute Gasteiger partial charge is 0.126 e. The molecule has 1 aromatic carbocycles. The van der Waals surface area contributed by atoms with E-state index in [0.717, 1.165) is 23.3 Å². The molecule has 0 aliphatic heterocycles. The Labute approximate surface area is 102 Å². The molecular formula is C14H21N3. The van der Waals surface area contributed by atoms with Gasteiger partial charge in [-0.15, -0.1) is 0 Å². The van der Waals surface area contributed by atoms with Crippen molar-refractivity contribution >= 4 is 11.0 Å². The third kappa shape index (κ3) is 2.67. The van der Waals surface area contributed by atoms with E-state index in [0.29, 0.717) is 0 Å². The minimum Gasteiger partial charge on any atom is -0.340 e. The van der Waals surface area contributed by atoms with Gasteiger partial charge in [-0.25, -0.2) is 4.98 Å². The van der Waals surface area contributed by atoms with Crippen LogP contribution < -0.4 is 5.73 Å². The molecule has 0 atom stereocenters. The van der Waals surface area contributed by atoms with Crippen LogP contribution in [0.25, 0.3) is 11.0 Å². The van der Waals surface area contributed by atoms with E-state index in [4.69, 9.17) is 5.73 Å². The monoisotopic (exact) mass is 231 g/mol. The quantitative estimate of drug-likeness (QED) is 0.849. The molecule has 0 saturated heterocycles. The molecule has 0 amide bonds. The highest BCUT2D eigenvalue weighted by Crippen LogP contribution is 2.20. The molecule has 3 heteroatoms. The van der Waals surface area contributed by atoms with Gasteiger partial charge in [0.1, 0.15) is 5.82 Å². The third-order valence-corrected chi connectivity index (χ3v) is 2.98. The summed E-state index contributed by atoms with van der Waals surface area (Å²) >= 11 is 0. The Morgan fingerprint density at radius 3 is 2.76 bits per heavy atom. The summed E-state index contributed by atoms with van der Waals surface area (Å²) in [7, 11) is 0. The molecular weight excluding hydrogens is 210 g/mol. The van der Waals surface area contributed by atoms with Crippen molar-refractivity contribution < 1.29 is 0 Å². The number of unbranched alkanes of at least 4 members (excludes halogenated alkanes) is 1. The first kappa shape index (κ1) is 12.1.